The Morgan fingerprint density at radius 1 is 1.14 bits per heavy atom. The Morgan fingerprint density at radius 2 is 1.64 bits per heavy atom. The summed E-state index contributed by atoms with van der Waals surface area (Å²) in [5.74, 6) is -3.05. The monoisotopic (exact) mass is 352 g/mol. The van der Waals surface area contributed by atoms with Gasteiger partial charge in [-0.25, -0.2) is 9.18 Å². The number of carboxylic acid groups (broad SMARTS) is 1. The first-order chi connectivity index (χ1) is 9.81. The predicted molar refractivity (Wildman–Crippen MR) is 62.0 cm³/mol. The van der Waals surface area contributed by atoms with Gasteiger partial charge in [0.15, 0.2) is 0 Å². The molecule has 0 aromatic heterocycles. The number of halogens is 7. The second-order valence-electron chi connectivity index (χ2n) is 4.00. The number of carbonyl (C=O) groups is 1. The van der Waals surface area contributed by atoms with Crippen molar-refractivity contribution in [3.8, 4) is 0 Å². The first-order valence-electron chi connectivity index (χ1n) is 5.31. The topological polar surface area (TPSA) is 46.5 Å². The van der Waals surface area contributed by atoms with Crippen molar-refractivity contribution in [2.45, 2.75) is 23.9 Å². The number of hydrogen-bond donors (Lipinski definition) is 2. The molecule has 0 amide bonds. The third-order valence-electron chi connectivity index (χ3n) is 2.54. The van der Waals surface area contributed by atoms with Crippen molar-refractivity contribution < 1.29 is 45.4 Å². The zero-order valence-corrected chi connectivity index (χ0v) is 11.2. The van der Waals surface area contributed by atoms with E-state index in [9.17, 15) is 35.5 Å². The van der Waals surface area contributed by atoms with Crippen molar-refractivity contribution in [2.75, 3.05) is 0 Å². The van der Waals surface area contributed by atoms with Crippen LogP contribution in [-0.2, 0) is 11.3 Å². The Labute approximate surface area is 124 Å². The standard InChI is InChI=1S/C11H7F7O3S/c12-7-3-1-2-5(8(19)20)6(7)4-21-9(22,10(13,14)15)11(16,17)18/h1-3,22H,4H2,(H,19,20). The molecule has 0 saturated heterocycles. The fraction of sp³-hybridized carbons (Fsp3) is 0.364. The van der Waals surface area contributed by atoms with Gasteiger partial charge in [0.1, 0.15) is 5.82 Å². The number of hydrogen-bond acceptors (Lipinski definition) is 3. The minimum Gasteiger partial charge on any atom is -0.478 e. The molecule has 11 heteroatoms. The third kappa shape index (κ3) is 3.46. The lowest BCUT2D eigenvalue weighted by Crippen LogP contribution is -2.54. The summed E-state index contributed by atoms with van der Waals surface area (Å²) in [6, 6.07) is 2.42. The van der Waals surface area contributed by atoms with Crippen molar-refractivity contribution in [3.05, 3.63) is 35.1 Å². The second kappa shape index (κ2) is 5.95. The summed E-state index contributed by atoms with van der Waals surface area (Å²) in [6.45, 7) is -1.59. The van der Waals surface area contributed by atoms with E-state index in [1.54, 1.807) is 0 Å². The van der Waals surface area contributed by atoms with Crippen LogP contribution >= 0.6 is 12.6 Å². The zero-order valence-electron chi connectivity index (χ0n) is 10.3. The lowest BCUT2D eigenvalue weighted by Gasteiger charge is -2.32. The van der Waals surface area contributed by atoms with Gasteiger partial charge in [0.05, 0.1) is 12.2 Å². The van der Waals surface area contributed by atoms with Gasteiger partial charge in [-0.1, -0.05) is 6.07 Å². The quantitative estimate of drug-likeness (QED) is 0.492. The average Bonchev–Trinajstić information content (AvgIpc) is 2.33. The fourth-order valence-corrected chi connectivity index (χ4v) is 1.47. The smallest absolute Gasteiger partial charge is 0.436 e. The molecule has 0 aliphatic heterocycles. The van der Waals surface area contributed by atoms with Crippen LogP contribution in [-0.4, -0.2) is 28.4 Å². The van der Waals surface area contributed by atoms with E-state index in [4.69, 9.17) is 5.11 Å². The molecule has 1 N–H and O–H groups in total. The number of ether oxygens (including phenoxy) is 1. The van der Waals surface area contributed by atoms with Gasteiger partial charge < -0.3 is 9.84 Å². The zero-order chi connectivity index (χ0) is 17.3. The van der Waals surface area contributed by atoms with E-state index >= 15 is 0 Å². The first kappa shape index (κ1) is 18.6. The molecule has 0 atom stereocenters. The normalized spacial score (nSPS) is 13.3. The Balaban J connectivity index is 3.19. The van der Waals surface area contributed by atoms with Crippen LogP contribution in [0.4, 0.5) is 30.7 Å². The molecule has 0 spiro atoms. The van der Waals surface area contributed by atoms with Crippen LogP contribution in [0.1, 0.15) is 15.9 Å². The Morgan fingerprint density at radius 3 is 2.05 bits per heavy atom. The second-order valence-corrected chi connectivity index (χ2v) is 4.63. The van der Waals surface area contributed by atoms with Crippen molar-refractivity contribution in [1.29, 1.82) is 0 Å². The van der Waals surface area contributed by atoms with E-state index in [1.807, 2.05) is 0 Å². The fourth-order valence-electron chi connectivity index (χ4n) is 1.41. The molecule has 0 fully saturated rings. The van der Waals surface area contributed by atoms with Gasteiger partial charge in [0.25, 0.3) is 0 Å². The van der Waals surface area contributed by atoms with Crippen LogP contribution < -0.4 is 0 Å². The highest BCUT2D eigenvalue weighted by Crippen LogP contribution is 2.49. The molecule has 0 bridgehead atoms. The van der Waals surface area contributed by atoms with Gasteiger partial charge in [-0.2, -0.15) is 26.3 Å². The molecule has 1 aromatic rings. The molecule has 1 aromatic carbocycles. The maximum absolute atomic E-state index is 13.4. The summed E-state index contributed by atoms with van der Waals surface area (Å²) in [5.41, 5.74) is -1.78. The van der Waals surface area contributed by atoms with Gasteiger partial charge in [-0.15, -0.1) is 12.6 Å². The van der Waals surface area contributed by atoms with E-state index in [0.717, 1.165) is 12.1 Å². The predicted octanol–water partition coefficient (Wildman–Crippen LogP) is 3.79. The van der Waals surface area contributed by atoms with Gasteiger partial charge in [-0.05, 0) is 12.1 Å². The van der Waals surface area contributed by atoms with E-state index in [0.29, 0.717) is 6.07 Å². The van der Waals surface area contributed by atoms with Crippen LogP contribution in [0, 0.1) is 5.82 Å². The molecule has 0 unspecified atom stereocenters. The van der Waals surface area contributed by atoms with Crippen molar-refractivity contribution >= 4 is 18.6 Å². The minimum atomic E-state index is -5.96. The SMILES string of the molecule is O=C(O)c1cccc(F)c1COC(S)(C(F)(F)F)C(F)(F)F. The van der Waals surface area contributed by atoms with Crippen molar-refractivity contribution in [3.63, 3.8) is 0 Å². The van der Waals surface area contributed by atoms with Crippen LogP contribution in [0.2, 0.25) is 0 Å². The van der Waals surface area contributed by atoms with Gasteiger partial charge >= 0.3 is 23.3 Å². The van der Waals surface area contributed by atoms with Crippen molar-refractivity contribution in [1.82, 2.24) is 0 Å². The molecule has 0 heterocycles. The number of carboxylic acids is 1. The van der Waals surface area contributed by atoms with Crippen LogP contribution in [0.5, 0.6) is 0 Å². The maximum Gasteiger partial charge on any atom is 0.436 e. The summed E-state index contributed by atoms with van der Waals surface area (Å²) in [5, 5.41) is 8.75. The lowest BCUT2D eigenvalue weighted by atomic mass is 10.1. The minimum absolute atomic E-state index is 0.673. The van der Waals surface area contributed by atoms with Gasteiger partial charge in [0, 0.05) is 5.56 Å². The Kier molecular flexibility index (Phi) is 5.02. The molecule has 0 aliphatic carbocycles. The molecule has 1 rings (SSSR count). The number of aromatic carboxylic acids is 1. The molecule has 3 nitrogen and oxygen atoms in total. The Bertz CT molecular complexity index is 554. The third-order valence-corrected chi connectivity index (χ3v) is 3.18. The number of benzene rings is 1. The van der Waals surface area contributed by atoms with E-state index < -0.39 is 46.8 Å². The summed E-state index contributed by atoms with van der Waals surface area (Å²) >= 11 is 2.49. The highest BCUT2D eigenvalue weighted by molar-refractivity contribution is 7.81. The van der Waals surface area contributed by atoms with Gasteiger partial charge in [0.2, 0.25) is 0 Å². The average molecular weight is 352 g/mol. The van der Waals surface area contributed by atoms with Crippen molar-refractivity contribution in [2.24, 2.45) is 0 Å². The molecule has 124 valence electrons. The van der Waals surface area contributed by atoms with E-state index in [1.165, 1.54) is 0 Å². The van der Waals surface area contributed by atoms with Gasteiger partial charge in [-0.3, -0.25) is 0 Å². The largest absolute Gasteiger partial charge is 0.478 e. The Hall–Kier alpha value is -1.49. The van der Waals surface area contributed by atoms with Crippen LogP contribution in [0.3, 0.4) is 0 Å². The van der Waals surface area contributed by atoms with Crippen LogP contribution in [0.25, 0.3) is 0 Å². The summed E-state index contributed by atoms with van der Waals surface area (Å²) in [7, 11) is 0. The molecule has 22 heavy (non-hydrogen) atoms. The number of alkyl halides is 6. The number of thiol groups is 1. The van der Waals surface area contributed by atoms with E-state index in [-0.39, 0.29) is 0 Å². The molecule has 0 aliphatic rings. The molecular weight excluding hydrogens is 345 g/mol. The molecular formula is C11H7F7O3S. The summed E-state index contributed by atoms with van der Waals surface area (Å²) in [4.78, 5) is 5.94. The highest BCUT2D eigenvalue weighted by Gasteiger charge is 2.70. The van der Waals surface area contributed by atoms with Crippen LogP contribution in [0.15, 0.2) is 18.2 Å². The summed E-state index contributed by atoms with van der Waals surface area (Å²) in [6.07, 6.45) is -11.9. The lowest BCUT2D eigenvalue weighted by molar-refractivity contribution is -0.342. The number of rotatable bonds is 4. The maximum atomic E-state index is 13.4. The highest BCUT2D eigenvalue weighted by atomic mass is 32.1. The first-order valence-corrected chi connectivity index (χ1v) is 5.76. The van der Waals surface area contributed by atoms with E-state index in [2.05, 4.69) is 17.4 Å². The summed E-state index contributed by atoms with van der Waals surface area (Å²) < 4.78 is 92.4. The molecule has 0 saturated carbocycles. The molecule has 0 radical (unpaired) electrons.